The van der Waals surface area contributed by atoms with Gasteiger partial charge in [-0.3, -0.25) is 4.79 Å². The van der Waals surface area contributed by atoms with Gasteiger partial charge in [0.2, 0.25) is 5.91 Å². The normalized spacial score (nSPS) is 17.7. The fraction of sp³-hybridized carbons (Fsp3) is 0.500. The lowest BCUT2D eigenvalue weighted by Crippen LogP contribution is -2.31. The zero-order valence-electron chi connectivity index (χ0n) is 10.3. The molecule has 0 radical (unpaired) electrons. The Morgan fingerprint density at radius 1 is 1.39 bits per heavy atom. The standard InChI is InChI=1S/C14H18BrNO2/c15-9-4-3-7-14(17)16-12-8-10-18-13-6-2-1-5-11(12)13/h1-2,5-6,12H,3-4,7-10H2,(H,16,17). The summed E-state index contributed by atoms with van der Waals surface area (Å²) in [4.78, 5) is 11.8. The van der Waals surface area contributed by atoms with Gasteiger partial charge in [-0.15, -0.1) is 0 Å². The molecule has 98 valence electrons. The van der Waals surface area contributed by atoms with Crippen LogP contribution in [-0.4, -0.2) is 17.8 Å². The molecule has 1 amide bonds. The fourth-order valence-corrected chi connectivity index (χ4v) is 2.54. The van der Waals surface area contributed by atoms with Gasteiger partial charge < -0.3 is 10.1 Å². The number of unbranched alkanes of at least 4 members (excludes halogenated alkanes) is 1. The van der Waals surface area contributed by atoms with Gasteiger partial charge >= 0.3 is 0 Å². The first-order chi connectivity index (χ1) is 8.81. The summed E-state index contributed by atoms with van der Waals surface area (Å²) in [5, 5.41) is 4.06. The Balaban J connectivity index is 1.92. The molecule has 1 heterocycles. The zero-order chi connectivity index (χ0) is 12.8. The maximum atomic E-state index is 11.8. The molecule has 4 heteroatoms. The van der Waals surface area contributed by atoms with Crippen LogP contribution >= 0.6 is 15.9 Å². The Bertz CT molecular complexity index is 409. The number of alkyl halides is 1. The van der Waals surface area contributed by atoms with Gasteiger partial charge in [-0.2, -0.15) is 0 Å². The molecule has 1 atom stereocenters. The van der Waals surface area contributed by atoms with Crippen LogP contribution in [-0.2, 0) is 4.79 Å². The van der Waals surface area contributed by atoms with Crippen LogP contribution in [0.2, 0.25) is 0 Å². The van der Waals surface area contributed by atoms with Crippen molar-refractivity contribution in [2.24, 2.45) is 0 Å². The summed E-state index contributed by atoms with van der Waals surface area (Å²) in [5.41, 5.74) is 1.09. The number of hydrogen-bond acceptors (Lipinski definition) is 2. The third kappa shape index (κ3) is 3.48. The smallest absolute Gasteiger partial charge is 0.220 e. The maximum Gasteiger partial charge on any atom is 0.220 e. The van der Waals surface area contributed by atoms with Crippen LogP contribution in [0.5, 0.6) is 5.75 Å². The predicted molar refractivity (Wildman–Crippen MR) is 75.1 cm³/mol. The van der Waals surface area contributed by atoms with Crippen LogP contribution in [0.25, 0.3) is 0 Å². The Morgan fingerprint density at radius 3 is 3.06 bits per heavy atom. The van der Waals surface area contributed by atoms with Gasteiger partial charge in [0.05, 0.1) is 12.6 Å². The largest absolute Gasteiger partial charge is 0.493 e. The van der Waals surface area contributed by atoms with Gasteiger partial charge in [-0.05, 0) is 18.9 Å². The summed E-state index contributed by atoms with van der Waals surface area (Å²) in [6, 6.07) is 8.03. The van der Waals surface area contributed by atoms with Crippen LogP contribution in [0.4, 0.5) is 0 Å². The van der Waals surface area contributed by atoms with Crippen LogP contribution in [0, 0.1) is 0 Å². The number of rotatable bonds is 5. The van der Waals surface area contributed by atoms with Crippen LogP contribution in [0.15, 0.2) is 24.3 Å². The highest BCUT2D eigenvalue weighted by molar-refractivity contribution is 9.09. The van der Waals surface area contributed by atoms with Crippen LogP contribution in [0.3, 0.4) is 0 Å². The summed E-state index contributed by atoms with van der Waals surface area (Å²) in [6.07, 6.45) is 3.42. The molecule has 18 heavy (non-hydrogen) atoms. The van der Waals surface area contributed by atoms with Crippen molar-refractivity contribution in [2.45, 2.75) is 31.7 Å². The van der Waals surface area contributed by atoms with E-state index in [1.165, 1.54) is 0 Å². The number of benzene rings is 1. The van der Waals surface area contributed by atoms with Crippen LogP contribution in [0.1, 0.15) is 37.3 Å². The van der Waals surface area contributed by atoms with E-state index in [1.807, 2.05) is 24.3 Å². The second-order valence-electron chi connectivity index (χ2n) is 4.44. The van der Waals surface area contributed by atoms with Gasteiger partial charge in [0.15, 0.2) is 0 Å². The van der Waals surface area contributed by atoms with E-state index in [2.05, 4.69) is 21.2 Å². The highest BCUT2D eigenvalue weighted by atomic mass is 79.9. The average molecular weight is 312 g/mol. The molecule has 1 N–H and O–H groups in total. The number of hydrogen-bond donors (Lipinski definition) is 1. The van der Waals surface area contributed by atoms with Gasteiger partial charge in [-0.1, -0.05) is 34.1 Å². The number of fused-ring (bicyclic) bond motifs is 1. The highest BCUT2D eigenvalue weighted by Gasteiger charge is 2.22. The molecule has 0 aromatic heterocycles. The lowest BCUT2D eigenvalue weighted by atomic mass is 10.0. The summed E-state index contributed by atoms with van der Waals surface area (Å²) >= 11 is 3.37. The first-order valence-electron chi connectivity index (χ1n) is 6.38. The molecule has 1 aromatic carbocycles. The first kappa shape index (κ1) is 13.4. The van der Waals surface area contributed by atoms with Gasteiger partial charge in [0.25, 0.3) is 0 Å². The predicted octanol–water partition coefficient (Wildman–Crippen LogP) is 3.19. The van der Waals surface area contributed by atoms with E-state index in [4.69, 9.17) is 4.74 Å². The van der Waals surface area contributed by atoms with Crippen molar-refractivity contribution in [3.8, 4) is 5.75 Å². The molecule has 0 saturated heterocycles. The van der Waals surface area contributed by atoms with Gasteiger partial charge in [-0.25, -0.2) is 0 Å². The summed E-state index contributed by atoms with van der Waals surface area (Å²) in [6.45, 7) is 0.670. The lowest BCUT2D eigenvalue weighted by Gasteiger charge is -2.26. The monoisotopic (exact) mass is 311 g/mol. The number of halogens is 1. The molecule has 0 bridgehead atoms. The quantitative estimate of drug-likeness (QED) is 0.670. The van der Waals surface area contributed by atoms with E-state index in [1.54, 1.807) is 0 Å². The van der Waals surface area contributed by atoms with Crippen molar-refractivity contribution in [3.63, 3.8) is 0 Å². The van der Waals surface area contributed by atoms with E-state index < -0.39 is 0 Å². The second kappa shape index (κ2) is 6.78. The van der Waals surface area contributed by atoms with Crippen molar-refractivity contribution in [2.75, 3.05) is 11.9 Å². The van der Waals surface area contributed by atoms with Gasteiger partial charge in [0.1, 0.15) is 5.75 Å². The van der Waals surface area contributed by atoms with Crippen LogP contribution < -0.4 is 10.1 Å². The SMILES string of the molecule is O=C(CCCCBr)NC1CCOc2ccccc21. The third-order valence-electron chi connectivity index (χ3n) is 3.08. The third-order valence-corrected chi connectivity index (χ3v) is 3.64. The molecule has 1 aliphatic rings. The minimum Gasteiger partial charge on any atom is -0.493 e. The number of para-hydroxylation sites is 1. The zero-order valence-corrected chi connectivity index (χ0v) is 11.9. The fourth-order valence-electron chi connectivity index (χ4n) is 2.14. The van der Waals surface area contributed by atoms with E-state index >= 15 is 0 Å². The lowest BCUT2D eigenvalue weighted by molar-refractivity contribution is -0.122. The van der Waals surface area contributed by atoms with E-state index in [0.29, 0.717) is 13.0 Å². The molecule has 1 aromatic rings. The summed E-state index contributed by atoms with van der Waals surface area (Å²) in [7, 11) is 0. The molecule has 0 saturated carbocycles. The molecule has 1 unspecified atom stereocenters. The van der Waals surface area contributed by atoms with E-state index in [0.717, 1.165) is 35.9 Å². The van der Waals surface area contributed by atoms with E-state index in [9.17, 15) is 4.79 Å². The Hall–Kier alpha value is -1.03. The van der Waals surface area contributed by atoms with Gasteiger partial charge in [0, 0.05) is 23.7 Å². The number of carbonyl (C=O) groups excluding carboxylic acids is 1. The molecular formula is C14H18BrNO2. The van der Waals surface area contributed by atoms with Crippen molar-refractivity contribution >= 4 is 21.8 Å². The second-order valence-corrected chi connectivity index (χ2v) is 5.23. The van der Waals surface area contributed by atoms with Crippen molar-refractivity contribution < 1.29 is 9.53 Å². The minimum atomic E-state index is 0.103. The molecule has 3 nitrogen and oxygen atoms in total. The molecule has 1 aliphatic heterocycles. The van der Waals surface area contributed by atoms with Crippen molar-refractivity contribution in [1.29, 1.82) is 0 Å². The number of carbonyl (C=O) groups is 1. The molecule has 0 aliphatic carbocycles. The van der Waals surface area contributed by atoms with Crippen molar-refractivity contribution in [1.82, 2.24) is 5.32 Å². The highest BCUT2D eigenvalue weighted by Crippen LogP contribution is 2.31. The molecule has 0 spiro atoms. The number of ether oxygens (including phenoxy) is 1. The summed E-state index contributed by atoms with van der Waals surface area (Å²) < 4.78 is 5.58. The minimum absolute atomic E-state index is 0.103. The van der Waals surface area contributed by atoms with E-state index in [-0.39, 0.29) is 11.9 Å². The maximum absolute atomic E-state index is 11.8. The molecule has 0 fully saturated rings. The number of amides is 1. The summed E-state index contributed by atoms with van der Waals surface area (Å²) in [5.74, 6) is 1.03. The molecule has 2 rings (SSSR count). The topological polar surface area (TPSA) is 38.3 Å². The number of nitrogens with one attached hydrogen (secondary N) is 1. The Labute approximate surface area is 116 Å². The average Bonchev–Trinajstić information content (AvgIpc) is 2.39. The Morgan fingerprint density at radius 2 is 2.22 bits per heavy atom. The van der Waals surface area contributed by atoms with Crippen molar-refractivity contribution in [3.05, 3.63) is 29.8 Å². The molecular weight excluding hydrogens is 294 g/mol. The Kier molecular flexibility index (Phi) is 5.05. The first-order valence-corrected chi connectivity index (χ1v) is 7.50.